The molecule has 7 heteroatoms. The molecule has 13 heavy (non-hydrogen) atoms. The fraction of sp³-hybridized carbons (Fsp3) is 1.00. The smallest absolute Gasteiger partial charge is 0.221 e. The van der Waals surface area contributed by atoms with E-state index in [9.17, 15) is 10.2 Å². The second kappa shape index (κ2) is 3.14. The van der Waals surface area contributed by atoms with Gasteiger partial charge in [0.1, 0.15) is 12.2 Å². The molecule has 0 spiro atoms. The van der Waals surface area contributed by atoms with Gasteiger partial charge in [-0.15, -0.1) is 0 Å². The van der Waals surface area contributed by atoms with Crippen LogP contribution >= 0.6 is 0 Å². The molecule has 1 heterocycles. The average molecular weight is 196 g/mol. The number of ether oxygens (including phenoxy) is 1. The topological polar surface area (TPSA) is 131 Å². The van der Waals surface area contributed by atoms with Crippen LogP contribution in [0.4, 0.5) is 0 Å². The van der Waals surface area contributed by atoms with E-state index in [1.54, 1.807) is 0 Å². The van der Waals surface area contributed by atoms with E-state index < -0.39 is 37.0 Å². The average Bonchev–Trinajstić information content (AvgIpc) is 2.30. The molecule has 0 aromatic heterocycles. The number of aliphatic hydroxyl groups is 6. The van der Waals surface area contributed by atoms with Crippen LogP contribution in [0, 0.1) is 0 Å². The quantitative estimate of drug-likeness (QED) is 0.266. The van der Waals surface area contributed by atoms with E-state index in [2.05, 4.69) is 4.74 Å². The van der Waals surface area contributed by atoms with Crippen LogP contribution in [0.15, 0.2) is 0 Å². The van der Waals surface area contributed by atoms with Crippen molar-refractivity contribution in [1.29, 1.82) is 0 Å². The van der Waals surface area contributed by atoms with Gasteiger partial charge in [0.25, 0.3) is 0 Å². The van der Waals surface area contributed by atoms with Gasteiger partial charge in [-0.1, -0.05) is 0 Å². The highest BCUT2D eigenvalue weighted by Gasteiger charge is 2.61. The predicted molar refractivity (Wildman–Crippen MR) is 37.2 cm³/mol. The van der Waals surface area contributed by atoms with Gasteiger partial charge in [-0.25, -0.2) is 0 Å². The van der Waals surface area contributed by atoms with Crippen molar-refractivity contribution in [2.24, 2.45) is 0 Å². The Labute approximate surface area is 73.4 Å². The molecule has 1 saturated heterocycles. The molecule has 0 saturated carbocycles. The molecule has 1 rings (SSSR count). The van der Waals surface area contributed by atoms with Gasteiger partial charge in [0, 0.05) is 0 Å². The van der Waals surface area contributed by atoms with Crippen molar-refractivity contribution in [2.75, 3.05) is 13.2 Å². The summed E-state index contributed by atoms with van der Waals surface area (Å²) in [5, 5.41) is 54.0. The van der Waals surface area contributed by atoms with Crippen LogP contribution < -0.4 is 0 Å². The number of aliphatic hydroxyl groups excluding tert-OH is 4. The molecule has 0 aromatic carbocycles. The SMILES string of the molecule is OC[C@@]1(O)O[C@@](O)(CO)[C@@H](O)[C@@H]1O. The summed E-state index contributed by atoms with van der Waals surface area (Å²) in [6.45, 7) is -2.01. The Bertz CT molecular complexity index is 177. The van der Waals surface area contributed by atoms with Gasteiger partial charge < -0.3 is 35.4 Å². The molecule has 1 aliphatic heterocycles. The van der Waals surface area contributed by atoms with E-state index in [0.717, 1.165) is 0 Å². The van der Waals surface area contributed by atoms with E-state index in [-0.39, 0.29) is 0 Å². The summed E-state index contributed by atoms with van der Waals surface area (Å²) in [6, 6.07) is 0. The minimum Gasteiger partial charge on any atom is -0.391 e. The van der Waals surface area contributed by atoms with Gasteiger partial charge in [-0.3, -0.25) is 0 Å². The fourth-order valence-electron chi connectivity index (χ4n) is 1.17. The highest BCUT2D eigenvalue weighted by molar-refractivity contribution is 4.99. The molecular weight excluding hydrogens is 184 g/mol. The van der Waals surface area contributed by atoms with E-state index in [4.69, 9.17) is 20.4 Å². The van der Waals surface area contributed by atoms with Crippen LogP contribution in [0.3, 0.4) is 0 Å². The third-order valence-corrected chi connectivity index (χ3v) is 2.03. The first-order valence-electron chi connectivity index (χ1n) is 3.62. The van der Waals surface area contributed by atoms with Gasteiger partial charge in [0.05, 0.1) is 13.2 Å². The Hall–Kier alpha value is -0.280. The van der Waals surface area contributed by atoms with Gasteiger partial charge >= 0.3 is 0 Å². The van der Waals surface area contributed by atoms with Gasteiger partial charge in [0.2, 0.25) is 11.6 Å². The van der Waals surface area contributed by atoms with E-state index in [0.29, 0.717) is 0 Å². The van der Waals surface area contributed by atoms with Crippen LogP contribution in [-0.2, 0) is 4.74 Å². The molecule has 0 amide bonds. The first kappa shape index (κ1) is 10.8. The first-order chi connectivity index (χ1) is 5.89. The van der Waals surface area contributed by atoms with E-state index >= 15 is 0 Å². The summed E-state index contributed by atoms with van der Waals surface area (Å²) >= 11 is 0. The molecule has 0 unspecified atom stereocenters. The molecule has 0 radical (unpaired) electrons. The Balaban J connectivity index is 2.90. The van der Waals surface area contributed by atoms with Crippen molar-refractivity contribution in [3.8, 4) is 0 Å². The van der Waals surface area contributed by atoms with Crippen molar-refractivity contribution in [3.05, 3.63) is 0 Å². The molecular formula is C6H12O7. The van der Waals surface area contributed by atoms with Crippen LogP contribution in [0.25, 0.3) is 0 Å². The summed E-state index contributed by atoms with van der Waals surface area (Å²) in [6.07, 6.45) is -3.76. The molecule has 7 nitrogen and oxygen atoms in total. The summed E-state index contributed by atoms with van der Waals surface area (Å²) in [4.78, 5) is 0. The Morgan fingerprint density at radius 2 is 1.23 bits per heavy atom. The second-order valence-corrected chi connectivity index (χ2v) is 3.00. The Morgan fingerprint density at radius 1 is 0.923 bits per heavy atom. The van der Waals surface area contributed by atoms with Crippen LogP contribution in [-0.4, -0.2) is 67.6 Å². The maximum Gasteiger partial charge on any atom is 0.221 e. The molecule has 0 aliphatic carbocycles. The molecule has 4 atom stereocenters. The number of rotatable bonds is 2. The van der Waals surface area contributed by atoms with Crippen molar-refractivity contribution in [3.63, 3.8) is 0 Å². The number of hydrogen-bond donors (Lipinski definition) is 6. The van der Waals surface area contributed by atoms with Gasteiger partial charge in [-0.2, -0.15) is 0 Å². The zero-order valence-electron chi connectivity index (χ0n) is 6.66. The minimum atomic E-state index is -2.45. The zero-order chi connectivity index (χ0) is 10.3. The van der Waals surface area contributed by atoms with Crippen molar-refractivity contribution >= 4 is 0 Å². The summed E-state index contributed by atoms with van der Waals surface area (Å²) in [5.41, 5.74) is 0. The number of hydrogen-bond acceptors (Lipinski definition) is 7. The summed E-state index contributed by atoms with van der Waals surface area (Å²) < 4.78 is 4.37. The predicted octanol–water partition coefficient (Wildman–Crippen LogP) is -3.90. The lowest BCUT2D eigenvalue weighted by molar-refractivity contribution is -0.324. The van der Waals surface area contributed by atoms with Crippen LogP contribution in [0.2, 0.25) is 0 Å². The largest absolute Gasteiger partial charge is 0.391 e. The highest BCUT2D eigenvalue weighted by atomic mass is 16.8. The van der Waals surface area contributed by atoms with Crippen molar-refractivity contribution < 1.29 is 35.4 Å². The van der Waals surface area contributed by atoms with Crippen LogP contribution in [0.1, 0.15) is 0 Å². The molecule has 1 aliphatic rings. The maximum absolute atomic E-state index is 9.25. The molecule has 6 N–H and O–H groups in total. The standard InChI is InChI=1S/C6H12O7/c7-1-5(11)3(9)4(10)6(12,2-8)13-5/h3-4,7-12H,1-2H2/t3-,4-,5-,6+/m0/s1. The third-order valence-electron chi connectivity index (χ3n) is 2.03. The van der Waals surface area contributed by atoms with Crippen molar-refractivity contribution in [2.45, 2.75) is 23.8 Å². The molecule has 0 bridgehead atoms. The van der Waals surface area contributed by atoms with E-state index in [1.807, 2.05) is 0 Å². The Morgan fingerprint density at radius 3 is 1.38 bits per heavy atom. The lowest BCUT2D eigenvalue weighted by atomic mass is 10.0. The van der Waals surface area contributed by atoms with Crippen LogP contribution in [0.5, 0.6) is 0 Å². The lowest BCUT2D eigenvalue weighted by Crippen LogP contribution is -2.46. The normalized spacial score (nSPS) is 51.2. The van der Waals surface area contributed by atoms with E-state index in [1.165, 1.54) is 0 Å². The van der Waals surface area contributed by atoms with Gasteiger partial charge in [0.15, 0.2) is 0 Å². The highest BCUT2D eigenvalue weighted by Crippen LogP contribution is 2.34. The third kappa shape index (κ3) is 1.44. The maximum atomic E-state index is 9.25. The minimum absolute atomic E-state index is 1.01. The lowest BCUT2D eigenvalue weighted by Gasteiger charge is -2.24. The molecule has 78 valence electrons. The molecule has 0 aromatic rings. The summed E-state index contributed by atoms with van der Waals surface area (Å²) in [7, 11) is 0. The zero-order valence-corrected chi connectivity index (χ0v) is 6.66. The summed E-state index contributed by atoms with van der Waals surface area (Å²) in [5.74, 6) is -4.90. The second-order valence-electron chi connectivity index (χ2n) is 3.00. The van der Waals surface area contributed by atoms with Crippen molar-refractivity contribution in [1.82, 2.24) is 0 Å². The first-order valence-corrected chi connectivity index (χ1v) is 3.62. The van der Waals surface area contributed by atoms with Gasteiger partial charge in [-0.05, 0) is 0 Å². The fourth-order valence-corrected chi connectivity index (χ4v) is 1.17. The monoisotopic (exact) mass is 196 g/mol. The Kier molecular flexibility index (Phi) is 2.61. The molecule has 1 fully saturated rings.